The van der Waals surface area contributed by atoms with E-state index in [1.807, 2.05) is 13.8 Å². The predicted molar refractivity (Wildman–Crippen MR) is 98.7 cm³/mol. The number of nitrogens with zero attached hydrogens (tertiary/aromatic N) is 1. The summed E-state index contributed by atoms with van der Waals surface area (Å²) in [6.45, 7) is 6.18. The van der Waals surface area contributed by atoms with Gasteiger partial charge in [0.25, 0.3) is 5.91 Å². The first-order valence-electron chi connectivity index (χ1n) is 8.32. The van der Waals surface area contributed by atoms with Gasteiger partial charge in [0.1, 0.15) is 4.90 Å². The summed E-state index contributed by atoms with van der Waals surface area (Å²) in [7, 11) is -3.69. The predicted octanol–water partition coefficient (Wildman–Crippen LogP) is 0.797. The molecule has 140 valence electrons. The van der Waals surface area contributed by atoms with Gasteiger partial charge in [-0.05, 0) is 31.5 Å². The number of carbonyl (C=O) groups is 1. The first-order chi connectivity index (χ1) is 11.7. The largest absolute Gasteiger partial charge is 0.349 e. The number of halogens is 2. The van der Waals surface area contributed by atoms with Crippen LogP contribution >= 0.6 is 23.2 Å². The first-order valence-corrected chi connectivity index (χ1v) is 10.5. The fraction of sp³-hybridized carbons (Fsp3) is 0.562. The summed E-state index contributed by atoms with van der Waals surface area (Å²) in [5, 5.41) is 3.42. The number of piperazine rings is 1. The van der Waals surface area contributed by atoms with E-state index in [2.05, 4.69) is 5.32 Å². The van der Waals surface area contributed by atoms with E-state index in [4.69, 9.17) is 23.2 Å². The number of sulfonamides is 1. The molecule has 0 aromatic heterocycles. The van der Waals surface area contributed by atoms with E-state index in [9.17, 15) is 13.2 Å². The zero-order chi connectivity index (χ0) is 18.6. The highest BCUT2D eigenvalue weighted by Crippen LogP contribution is 2.27. The fourth-order valence-electron chi connectivity index (χ4n) is 2.69. The van der Waals surface area contributed by atoms with Crippen molar-refractivity contribution in [3.8, 4) is 0 Å². The number of hydrogen-bond donors (Lipinski definition) is 2. The molecule has 0 saturated carbocycles. The first kappa shape index (κ1) is 20.5. The van der Waals surface area contributed by atoms with Crippen LogP contribution in [-0.4, -0.2) is 57.4 Å². The molecule has 1 amide bonds. The van der Waals surface area contributed by atoms with Gasteiger partial charge in [0, 0.05) is 11.1 Å². The Labute approximate surface area is 159 Å². The Morgan fingerprint density at radius 1 is 1.32 bits per heavy atom. The summed E-state index contributed by atoms with van der Waals surface area (Å²) in [6.07, 6.45) is 0.882. The minimum atomic E-state index is -3.69. The highest BCUT2D eigenvalue weighted by molar-refractivity contribution is 7.89. The van der Waals surface area contributed by atoms with Crippen LogP contribution < -0.4 is 10.2 Å². The van der Waals surface area contributed by atoms with Crippen LogP contribution in [0.5, 0.6) is 0 Å². The van der Waals surface area contributed by atoms with Gasteiger partial charge in [-0.25, -0.2) is 8.42 Å². The molecule has 2 rings (SSSR count). The molecule has 1 heterocycles. The molecule has 1 aliphatic heterocycles. The van der Waals surface area contributed by atoms with Crippen LogP contribution in [0.1, 0.15) is 20.3 Å². The van der Waals surface area contributed by atoms with Crippen molar-refractivity contribution in [2.75, 3.05) is 32.7 Å². The maximum Gasteiger partial charge on any atom is 0.275 e. The smallest absolute Gasteiger partial charge is 0.275 e. The normalized spacial score (nSPS) is 18.1. The van der Waals surface area contributed by atoms with Crippen molar-refractivity contribution in [3.05, 3.63) is 28.2 Å². The number of benzene rings is 1. The van der Waals surface area contributed by atoms with Gasteiger partial charge in [0.2, 0.25) is 10.0 Å². The standard InChI is InChI=1S/C16H23Cl2N3O3S/c1-3-12(2)19-16(22)11-20-6-8-21(9-7-20)25(23,24)15-10-13(17)4-5-14(15)18/h4-5,10,12H,3,6-9,11H2,1-2H3,(H,19,22)/p+1/t12-/m1/s1. The van der Waals surface area contributed by atoms with Crippen molar-refractivity contribution in [2.24, 2.45) is 0 Å². The molecule has 1 saturated heterocycles. The van der Waals surface area contributed by atoms with Gasteiger partial charge in [-0.2, -0.15) is 4.31 Å². The van der Waals surface area contributed by atoms with Crippen molar-refractivity contribution in [1.29, 1.82) is 0 Å². The number of nitrogens with one attached hydrogen (secondary N) is 2. The van der Waals surface area contributed by atoms with Crippen LogP contribution in [0.25, 0.3) is 0 Å². The lowest BCUT2D eigenvalue weighted by Gasteiger charge is -2.31. The van der Waals surface area contributed by atoms with Gasteiger partial charge in [-0.1, -0.05) is 30.1 Å². The molecule has 1 fully saturated rings. The second-order valence-electron chi connectivity index (χ2n) is 6.28. The minimum Gasteiger partial charge on any atom is -0.349 e. The molecule has 1 aromatic carbocycles. The van der Waals surface area contributed by atoms with Crippen LogP contribution in [0.15, 0.2) is 23.1 Å². The van der Waals surface area contributed by atoms with E-state index in [0.29, 0.717) is 37.7 Å². The zero-order valence-corrected chi connectivity index (χ0v) is 16.7. The molecule has 9 heteroatoms. The summed E-state index contributed by atoms with van der Waals surface area (Å²) >= 11 is 11.9. The third-order valence-electron chi connectivity index (χ3n) is 4.37. The Morgan fingerprint density at radius 2 is 1.96 bits per heavy atom. The number of quaternary nitrogens is 1. The average molecular weight is 409 g/mol. The van der Waals surface area contributed by atoms with E-state index >= 15 is 0 Å². The second kappa shape index (κ2) is 8.68. The third-order valence-corrected chi connectivity index (χ3v) is 6.99. The number of rotatable bonds is 6. The summed E-state index contributed by atoms with van der Waals surface area (Å²) in [4.78, 5) is 13.1. The van der Waals surface area contributed by atoms with Gasteiger partial charge in [0.05, 0.1) is 31.2 Å². The molecule has 1 aromatic rings. The lowest BCUT2D eigenvalue weighted by molar-refractivity contribution is -0.895. The molecule has 25 heavy (non-hydrogen) atoms. The Morgan fingerprint density at radius 3 is 2.56 bits per heavy atom. The van der Waals surface area contributed by atoms with E-state index in [1.165, 1.54) is 16.4 Å². The summed E-state index contributed by atoms with van der Waals surface area (Å²) in [5.41, 5.74) is 0. The van der Waals surface area contributed by atoms with Crippen molar-refractivity contribution >= 4 is 39.1 Å². The molecule has 0 bridgehead atoms. The van der Waals surface area contributed by atoms with Crippen molar-refractivity contribution < 1.29 is 18.1 Å². The van der Waals surface area contributed by atoms with Crippen molar-refractivity contribution in [3.63, 3.8) is 0 Å². The fourth-order valence-corrected chi connectivity index (χ4v) is 4.87. The Bertz CT molecular complexity index is 719. The number of hydrogen-bond acceptors (Lipinski definition) is 3. The molecule has 1 atom stereocenters. The van der Waals surface area contributed by atoms with Gasteiger partial charge in [-0.15, -0.1) is 0 Å². The average Bonchev–Trinajstić information content (AvgIpc) is 2.57. The summed E-state index contributed by atoms with van der Waals surface area (Å²) in [5.74, 6) is -0.00135. The van der Waals surface area contributed by atoms with Crippen LogP contribution in [0.2, 0.25) is 10.0 Å². The minimum absolute atomic E-state index is 0.00135. The van der Waals surface area contributed by atoms with Crippen molar-refractivity contribution in [2.45, 2.75) is 31.2 Å². The maximum atomic E-state index is 12.8. The SMILES string of the molecule is CC[C@@H](C)NC(=O)C[NH+]1CCN(S(=O)(=O)c2cc(Cl)ccc2Cl)CC1. The lowest BCUT2D eigenvalue weighted by atomic mass is 10.2. The zero-order valence-electron chi connectivity index (χ0n) is 14.4. The van der Waals surface area contributed by atoms with Crippen LogP contribution in [0, 0.1) is 0 Å². The molecule has 0 aliphatic carbocycles. The lowest BCUT2D eigenvalue weighted by Crippen LogP contribution is -3.15. The second-order valence-corrected chi connectivity index (χ2v) is 9.03. The number of carbonyl (C=O) groups excluding carboxylic acids is 1. The van der Waals surface area contributed by atoms with Crippen molar-refractivity contribution in [1.82, 2.24) is 9.62 Å². The quantitative estimate of drug-likeness (QED) is 0.730. The molecule has 1 aliphatic rings. The molecule has 6 nitrogen and oxygen atoms in total. The maximum absolute atomic E-state index is 12.8. The van der Waals surface area contributed by atoms with E-state index in [-0.39, 0.29) is 21.9 Å². The molecule has 0 unspecified atom stereocenters. The van der Waals surface area contributed by atoms with Gasteiger partial charge in [-0.3, -0.25) is 4.79 Å². The molecular weight excluding hydrogens is 385 g/mol. The Kier molecular flexibility index (Phi) is 7.10. The molecule has 2 N–H and O–H groups in total. The Hall–Kier alpha value is -0.860. The molecular formula is C16H24Cl2N3O3S+. The highest BCUT2D eigenvalue weighted by atomic mass is 35.5. The third kappa shape index (κ3) is 5.31. The highest BCUT2D eigenvalue weighted by Gasteiger charge is 2.32. The van der Waals surface area contributed by atoms with Crippen LogP contribution in [0.4, 0.5) is 0 Å². The summed E-state index contributed by atoms with van der Waals surface area (Å²) < 4.78 is 26.9. The number of amides is 1. The Balaban J connectivity index is 1.97. The topological polar surface area (TPSA) is 70.9 Å². The summed E-state index contributed by atoms with van der Waals surface area (Å²) in [6, 6.07) is 4.56. The molecule has 0 radical (unpaired) electrons. The monoisotopic (exact) mass is 408 g/mol. The van der Waals surface area contributed by atoms with E-state index < -0.39 is 10.0 Å². The van der Waals surface area contributed by atoms with Gasteiger partial charge < -0.3 is 10.2 Å². The van der Waals surface area contributed by atoms with Crippen LogP contribution in [-0.2, 0) is 14.8 Å². The van der Waals surface area contributed by atoms with E-state index in [0.717, 1.165) is 11.3 Å². The van der Waals surface area contributed by atoms with Crippen LogP contribution in [0.3, 0.4) is 0 Å². The van der Waals surface area contributed by atoms with Gasteiger partial charge >= 0.3 is 0 Å². The molecule has 0 spiro atoms. The van der Waals surface area contributed by atoms with E-state index in [1.54, 1.807) is 6.07 Å². The van der Waals surface area contributed by atoms with Gasteiger partial charge in [0.15, 0.2) is 6.54 Å².